The lowest BCUT2D eigenvalue weighted by Crippen LogP contribution is -2.20. The maximum Gasteiger partial charge on any atom is 0.331 e. The lowest BCUT2D eigenvalue weighted by atomic mass is 9.96. The number of rotatable bonds is 4. The van der Waals surface area contributed by atoms with Gasteiger partial charge >= 0.3 is 5.97 Å². The van der Waals surface area contributed by atoms with Crippen LogP contribution in [-0.4, -0.2) is 30.2 Å². The van der Waals surface area contributed by atoms with Crippen LogP contribution in [0.15, 0.2) is 12.4 Å². The molecule has 0 aromatic carbocycles. The molecular formula is C12H17N5O2S. The van der Waals surface area contributed by atoms with Gasteiger partial charge in [0.25, 0.3) is 0 Å². The summed E-state index contributed by atoms with van der Waals surface area (Å²) in [4.78, 5) is 15.7. The van der Waals surface area contributed by atoms with Crippen molar-refractivity contribution in [1.82, 2.24) is 19.1 Å². The van der Waals surface area contributed by atoms with Crippen LogP contribution in [0.4, 0.5) is 5.13 Å². The predicted molar refractivity (Wildman–Crippen MR) is 75.8 cm³/mol. The van der Waals surface area contributed by atoms with Crippen LogP contribution in [0.2, 0.25) is 0 Å². The van der Waals surface area contributed by atoms with Gasteiger partial charge in [-0.15, -0.1) is 0 Å². The first-order chi connectivity index (χ1) is 9.27. The highest BCUT2D eigenvalue weighted by Gasteiger charge is 2.25. The molecule has 0 saturated carbocycles. The zero-order valence-corrected chi connectivity index (χ0v) is 12.6. The van der Waals surface area contributed by atoms with Gasteiger partial charge in [0.1, 0.15) is 5.82 Å². The minimum absolute atomic E-state index is 0.163. The van der Waals surface area contributed by atoms with Crippen LogP contribution < -0.4 is 5.32 Å². The molecule has 7 nitrogen and oxygen atoms in total. The number of hydrogen-bond donors (Lipinski definition) is 2. The molecule has 20 heavy (non-hydrogen) atoms. The molecule has 108 valence electrons. The Morgan fingerprint density at radius 1 is 1.50 bits per heavy atom. The number of aryl methyl sites for hydroxylation is 1. The molecule has 2 aromatic heterocycles. The Morgan fingerprint density at radius 2 is 2.20 bits per heavy atom. The summed E-state index contributed by atoms with van der Waals surface area (Å²) in [5.41, 5.74) is 0.413. The quantitative estimate of drug-likeness (QED) is 0.893. The second kappa shape index (κ2) is 5.20. The highest BCUT2D eigenvalue weighted by atomic mass is 32.1. The Labute approximate surface area is 120 Å². The standard InChI is InChI=1S/C12H17N5O2S/c1-12(2,3)10-15-11(20-16-10)14-8(9(18)19)7-5-13-17(4)6-7/h5-6,8H,1-4H3,(H,18,19)(H,14,15,16). The van der Waals surface area contributed by atoms with E-state index in [2.05, 4.69) is 19.8 Å². The molecule has 2 N–H and O–H groups in total. The molecule has 0 aliphatic heterocycles. The monoisotopic (exact) mass is 295 g/mol. The van der Waals surface area contributed by atoms with E-state index in [1.54, 1.807) is 17.9 Å². The number of aromatic nitrogens is 4. The summed E-state index contributed by atoms with van der Waals surface area (Å²) in [7, 11) is 1.74. The smallest absolute Gasteiger partial charge is 0.331 e. The lowest BCUT2D eigenvalue weighted by molar-refractivity contribution is -0.138. The highest BCUT2D eigenvalue weighted by molar-refractivity contribution is 7.09. The summed E-state index contributed by atoms with van der Waals surface area (Å²) in [6, 6.07) is -0.885. The average molecular weight is 295 g/mol. The number of hydrogen-bond acceptors (Lipinski definition) is 6. The van der Waals surface area contributed by atoms with Gasteiger partial charge < -0.3 is 10.4 Å². The second-order valence-corrected chi connectivity index (χ2v) is 6.29. The van der Waals surface area contributed by atoms with Gasteiger partial charge in [0.2, 0.25) is 5.13 Å². The van der Waals surface area contributed by atoms with Crippen molar-refractivity contribution >= 4 is 22.6 Å². The van der Waals surface area contributed by atoms with Gasteiger partial charge in [-0.05, 0) is 0 Å². The first-order valence-corrected chi connectivity index (χ1v) is 6.87. The van der Waals surface area contributed by atoms with Crippen LogP contribution in [0.5, 0.6) is 0 Å². The summed E-state index contributed by atoms with van der Waals surface area (Å²) in [5.74, 6) is -0.286. The Bertz CT molecular complexity index is 613. The molecule has 0 aliphatic carbocycles. The predicted octanol–water partition coefficient (Wildman–Crippen LogP) is 1.81. The Morgan fingerprint density at radius 3 is 2.65 bits per heavy atom. The zero-order chi connectivity index (χ0) is 14.9. The number of carboxylic acid groups (broad SMARTS) is 1. The van der Waals surface area contributed by atoms with E-state index in [0.717, 1.165) is 11.5 Å². The minimum atomic E-state index is -0.981. The summed E-state index contributed by atoms with van der Waals surface area (Å²) in [6.45, 7) is 6.03. The van der Waals surface area contributed by atoms with Crippen molar-refractivity contribution in [2.24, 2.45) is 7.05 Å². The van der Waals surface area contributed by atoms with E-state index < -0.39 is 12.0 Å². The molecule has 8 heteroatoms. The van der Waals surface area contributed by atoms with E-state index in [4.69, 9.17) is 0 Å². The third-order valence-corrected chi connectivity index (χ3v) is 3.32. The molecule has 1 atom stereocenters. The van der Waals surface area contributed by atoms with Gasteiger partial charge in [0.05, 0.1) is 6.20 Å². The fourth-order valence-corrected chi connectivity index (χ4v) is 2.37. The third kappa shape index (κ3) is 3.13. The second-order valence-electron chi connectivity index (χ2n) is 5.54. The molecule has 0 fully saturated rings. The van der Waals surface area contributed by atoms with Crippen LogP contribution in [0.1, 0.15) is 38.2 Å². The molecule has 2 heterocycles. The first-order valence-electron chi connectivity index (χ1n) is 6.09. The molecule has 2 aromatic rings. The largest absolute Gasteiger partial charge is 0.479 e. The summed E-state index contributed by atoms with van der Waals surface area (Å²) in [6.07, 6.45) is 3.19. The molecule has 0 bridgehead atoms. The van der Waals surface area contributed by atoms with Crippen molar-refractivity contribution in [3.05, 3.63) is 23.8 Å². The summed E-state index contributed by atoms with van der Waals surface area (Å²) >= 11 is 1.16. The number of aliphatic carboxylic acids is 1. The normalized spacial score (nSPS) is 13.2. The van der Waals surface area contributed by atoms with E-state index >= 15 is 0 Å². The topological polar surface area (TPSA) is 92.9 Å². The summed E-state index contributed by atoms with van der Waals surface area (Å²) in [5, 5.41) is 16.7. The molecule has 0 spiro atoms. The molecule has 1 unspecified atom stereocenters. The molecule has 0 radical (unpaired) electrons. The zero-order valence-electron chi connectivity index (χ0n) is 11.8. The van der Waals surface area contributed by atoms with E-state index in [-0.39, 0.29) is 5.41 Å². The van der Waals surface area contributed by atoms with Crippen molar-refractivity contribution in [2.75, 3.05) is 5.32 Å². The van der Waals surface area contributed by atoms with Crippen LogP contribution in [0.25, 0.3) is 0 Å². The Hall–Kier alpha value is -1.96. The van der Waals surface area contributed by atoms with Crippen molar-refractivity contribution in [3.63, 3.8) is 0 Å². The molecule has 0 saturated heterocycles. The third-order valence-electron chi connectivity index (χ3n) is 2.67. The van der Waals surface area contributed by atoms with Crippen molar-refractivity contribution in [1.29, 1.82) is 0 Å². The van der Waals surface area contributed by atoms with E-state index in [0.29, 0.717) is 16.5 Å². The Balaban J connectivity index is 2.21. The van der Waals surface area contributed by atoms with Crippen molar-refractivity contribution < 1.29 is 9.90 Å². The minimum Gasteiger partial charge on any atom is -0.479 e. The van der Waals surface area contributed by atoms with Crippen LogP contribution >= 0.6 is 11.5 Å². The fraction of sp³-hybridized carbons (Fsp3) is 0.500. The fourth-order valence-electron chi connectivity index (χ4n) is 1.59. The SMILES string of the molecule is Cn1cc(C(Nc2nc(C(C)(C)C)ns2)C(=O)O)cn1. The van der Waals surface area contributed by atoms with E-state index in [1.165, 1.54) is 6.20 Å². The van der Waals surface area contributed by atoms with E-state index in [1.807, 2.05) is 20.8 Å². The van der Waals surface area contributed by atoms with E-state index in [9.17, 15) is 9.90 Å². The number of nitrogens with zero attached hydrogens (tertiary/aromatic N) is 4. The van der Waals surface area contributed by atoms with Gasteiger partial charge in [0, 0.05) is 35.8 Å². The Kier molecular flexibility index (Phi) is 3.76. The number of carboxylic acids is 1. The maximum atomic E-state index is 11.4. The van der Waals surface area contributed by atoms with Crippen molar-refractivity contribution in [2.45, 2.75) is 32.2 Å². The van der Waals surface area contributed by atoms with Crippen LogP contribution in [0, 0.1) is 0 Å². The summed E-state index contributed by atoms with van der Waals surface area (Å²) < 4.78 is 5.82. The molecule has 0 amide bonds. The van der Waals surface area contributed by atoms with Gasteiger partial charge in [-0.2, -0.15) is 9.47 Å². The van der Waals surface area contributed by atoms with Crippen LogP contribution in [0.3, 0.4) is 0 Å². The maximum absolute atomic E-state index is 11.4. The van der Waals surface area contributed by atoms with Gasteiger partial charge in [-0.3, -0.25) is 4.68 Å². The average Bonchev–Trinajstić information content (AvgIpc) is 2.93. The van der Waals surface area contributed by atoms with Crippen LogP contribution in [-0.2, 0) is 17.3 Å². The number of nitrogens with one attached hydrogen (secondary N) is 1. The van der Waals surface area contributed by atoms with Crippen molar-refractivity contribution in [3.8, 4) is 0 Å². The lowest BCUT2D eigenvalue weighted by Gasteiger charge is -2.13. The molecule has 2 rings (SSSR count). The van der Waals surface area contributed by atoms with Gasteiger partial charge in [-0.1, -0.05) is 20.8 Å². The molecular weight excluding hydrogens is 278 g/mol. The highest BCUT2D eigenvalue weighted by Crippen LogP contribution is 2.26. The van der Waals surface area contributed by atoms with Gasteiger partial charge in [-0.25, -0.2) is 9.78 Å². The molecule has 0 aliphatic rings. The number of carbonyl (C=O) groups is 1. The first kappa shape index (κ1) is 14.4. The van der Waals surface area contributed by atoms with Gasteiger partial charge in [0.15, 0.2) is 6.04 Å². The number of anilines is 1.